The van der Waals surface area contributed by atoms with Gasteiger partial charge in [-0.25, -0.2) is 0 Å². The average Bonchev–Trinajstić information content (AvgIpc) is 3.03. The van der Waals surface area contributed by atoms with Gasteiger partial charge in [0.1, 0.15) is 0 Å². The molecule has 146 valence electrons. The summed E-state index contributed by atoms with van der Waals surface area (Å²) in [6, 6.07) is 12.9. The number of esters is 1. The Hall–Kier alpha value is -2.67. The molecule has 1 heterocycles. The number of nitrogens with one attached hydrogen (secondary N) is 1. The smallest absolute Gasteiger partial charge is 0.311 e. The summed E-state index contributed by atoms with van der Waals surface area (Å²) < 4.78 is 6.02. The van der Waals surface area contributed by atoms with Gasteiger partial charge >= 0.3 is 5.97 Å². The van der Waals surface area contributed by atoms with E-state index in [1.54, 1.807) is 29.2 Å². The van der Waals surface area contributed by atoms with Crippen molar-refractivity contribution in [2.24, 2.45) is 5.92 Å². The van der Waals surface area contributed by atoms with Gasteiger partial charge in [-0.2, -0.15) is 0 Å². The van der Waals surface area contributed by atoms with E-state index in [4.69, 9.17) is 4.74 Å². The molecule has 0 unspecified atom stereocenters. The van der Waals surface area contributed by atoms with Crippen molar-refractivity contribution >= 4 is 45.1 Å². The first-order valence-electron chi connectivity index (χ1n) is 8.92. The molecule has 0 spiro atoms. The molecule has 1 aliphatic heterocycles. The lowest BCUT2D eigenvalue weighted by molar-refractivity contribution is -0.151. The minimum Gasteiger partial charge on any atom is -0.455 e. The van der Waals surface area contributed by atoms with Gasteiger partial charge in [0.2, 0.25) is 5.91 Å². The maximum atomic E-state index is 12.4. The molecule has 2 aromatic rings. The highest BCUT2D eigenvalue weighted by atomic mass is 79.9. The van der Waals surface area contributed by atoms with Crippen LogP contribution in [0.15, 0.2) is 46.9 Å². The second-order valence-electron chi connectivity index (χ2n) is 6.91. The van der Waals surface area contributed by atoms with Crippen LogP contribution < -0.4 is 10.2 Å². The zero-order chi connectivity index (χ0) is 20.3. The molecule has 1 saturated heterocycles. The van der Waals surface area contributed by atoms with Crippen LogP contribution in [0.25, 0.3) is 0 Å². The Morgan fingerprint density at radius 1 is 1.14 bits per heavy atom. The van der Waals surface area contributed by atoms with Crippen LogP contribution in [0, 0.1) is 19.8 Å². The number of aryl methyl sites for hydroxylation is 2. The van der Waals surface area contributed by atoms with Gasteiger partial charge in [-0.3, -0.25) is 14.4 Å². The summed E-state index contributed by atoms with van der Waals surface area (Å²) in [6.07, 6.45) is 0.0835. The minimum atomic E-state index is -0.575. The fraction of sp³-hybridized carbons (Fsp3) is 0.286. The van der Waals surface area contributed by atoms with E-state index in [0.717, 1.165) is 21.3 Å². The van der Waals surface area contributed by atoms with Crippen molar-refractivity contribution in [1.82, 2.24) is 0 Å². The van der Waals surface area contributed by atoms with Crippen LogP contribution in [0.1, 0.15) is 17.5 Å². The van der Waals surface area contributed by atoms with Crippen LogP contribution in [0.4, 0.5) is 11.4 Å². The van der Waals surface area contributed by atoms with Crippen molar-refractivity contribution < 1.29 is 19.1 Å². The van der Waals surface area contributed by atoms with Gasteiger partial charge in [0.25, 0.3) is 5.91 Å². The molecular weight excluding hydrogens is 424 g/mol. The van der Waals surface area contributed by atoms with E-state index in [1.807, 2.05) is 32.0 Å². The Bertz CT molecular complexity index is 891. The average molecular weight is 445 g/mol. The van der Waals surface area contributed by atoms with E-state index in [1.165, 1.54) is 0 Å². The first-order valence-corrected chi connectivity index (χ1v) is 9.72. The molecular formula is C21H21BrN2O4. The van der Waals surface area contributed by atoms with E-state index >= 15 is 0 Å². The fourth-order valence-corrected chi connectivity index (χ4v) is 3.47. The normalized spacial score (nSPS) is 16.2. The van der Waals surface area contributed by atoms with Crippen molar-refractivity contribution in [2.45, 2.75) is 20.3 Å². The number of halogens is 1. The number of carbonyl (C=O) groups excluding carboxylic acids is 3. The Balaban J connectivity index is 1.54. The predicted octanol–water partition coefficient (Wildman–Crippen LogP) is 3.60. The molecule has 3 rings (SSSR count). The number of anilines is 2. The molecule has 2 amide bonds. The Kier molecular flexibility index (Phi) is 6.14. The Morgan fingerprint density at radius 3 is 2.43 bits per heavy atom. The number of rotatable bonds is 5. The SMILES string of the molecule is Cc1cc(C)cc(N2C[C@H](C(=O)OCC(=O)Nc3ccc(Br)cc3)CC2=O)c1. The highest BCUT2D eigenvalue weighted by Gasteiger charge is 2.36. The molecule has 1 fully saturated rings. The summed E-state index contributed by atoms with van der Waals surface area (Å²) in [6.45, 7) is 3.80. The summed E-state index contributed by atoms with van der Waals surface area (Å²) >= 11 is 3.32. The van der Waals surface area contributed by atoms with Gasteiger partial charge in [0.05, 0.1) is 5.92 Å². The van der Waals surface area contributed by atoms with Crippen LogP contribution in [0.3, 0.4) is 0 Å². The minimum absolute atomic E-state index is 0.0835. The lowest BCUT2D eigenvalue weighted by Gasteiger charge is -2.18. The van der Waals surface area contributed by atoms with Crippen LogP contribution in [0.2, 0.25) is 0 Å². The van der Waals surface area contributed by atoms with E-state index < -0.39 is 17.8 Å². The molecule has 1 N–H and O–H groups in total. The van der Waals surface area contributed by atoms with Crippen molar-refractivity contribution in [3.63, 3.8) is 0 Å². The molecule has 7 heteroatoms. The van der Waals surface area contributed by atoms with Gasteiger partial charge in [-0.15, -0.1) is 0 Å². The maximum Gasteiger partial charge on any atom is 0.311 e. The van der Waals surface area contributed by atoms with Crippen molar-refractivity contribution in [3.05, 3.63) is 58.1 Å². The fourth-order valence-electron chi connectivity index (χ4n) is 3.21. The topological polar surface area (TPSA) is 75.7 Å². The highest BCUT2D eigenvalue weighted by Crippen LogP contribution is 2.27. The number of hydrogen-bond acceptors (Lipinski definition) is 4. The summed E-state index contributed by atoms with van der Waals surface area (Å²) in [4.78, 5) is 38.2. The van der Waals surface area contributed by atoms with E-state index in [-0.39, 0.29) is 25.5 Å². The van der Waals surface area contributed by atoms with Crippen LogP contribution in [0.5, 0.6) is 0 Å². The Morgan fingerprint density at radius 2 is 1.79 bits per heavy atom. The number of nitrogens with zero attached hydrogens (tertiary/aromatic N) is 1. The van der Waals surface area contributed by atoms with Gasteiger partial charge < -0.3 is 15.0 Å². The molecule has 1 aliphatic rings. The number of hydrogen-bond donors (Lipinski definition) is 1. The monoisotopic (exact) mass is 444 g/mol. The van der Waals surface area contributed by atoms with Gasteiger partial charge in [0, 0.05) is 28.8 Å². The van der Waals surface area contributed by atoms with Crippen LogP contribution >= 0.6 is 15.9 Å². The molecule has 1 atom stereocenters. The summed E-state index contributed by atoms with van der Waals surface area (Å²) in [7, 11) is 0. The summed E-state index contributed by atoms with van der Waals surface area (Å²) in [5.41, 5.74) is 3.50. The van der Waals surface area contributed by atoms with Gasteiger partial charge in [-0.05, 0) is 61.4 Å². The number of ether oxygens (including phenoxy) is 1. The lowest BCUT2D eigenvalue weighted by Crippen LogP contribution is -2.28. The summed E-state index contributed by atoms with van der Waals surface area (Å²) in [5, 5.41) is 2.66. The molecule has 0 radical (unpaired) electrons. The number of carbonyl (C=O) groups is 3. The van der Waals surface area contributed by atoms with Crippen molar-refractivity contribution in [2.75, 3.05) is 23.4 Å². The number of amides is 2. The zero-order valence-corrected chi connectivity index (χ0v) is 17.3. The van der Waals surface area contributed by atoms with Crippen molar-refractivity contribution in [3.8, 4) is 0 Å². The van der Waals surface area contributed by atoms with E-state index in [2.05, 4.69) is 21.2 Å². The number of benzene rings is 2. The van der Waals surface area contributed by atoms with Gasteiger partial charge in [-0.1, -0.05) is 22.0 Å². The predicted molar refractivity (Wildman–Crippen MR) is 110 cm³/mol. The molecule has 0 saturated carbocycles. The van der Waals surface area contributed by atoms with Crippen molar-refractivity contribution in [1.29, 1.82) is 0 Å². The lowest BCUT2D eigenvalue weighted by atomic mass is 10.1. The second kappa shape index (κ2) is 8.56. The molecule has 6 nitrogen and oxygen atoms in total. The first-order chi connectivity index (χ1) is 13.3. The van der Waals surface area contributed by atoms with Gasteiger partial charge in [0.15, 0.2) is 6.61 Å². The molecule has 2 aromatic carbocycles. The third-order valence-electron chi connectivity index (χ3n) is 4.45. The van der Waals surface area contributed by atoms with E-state index in [9.17, 15) is 14.4 Å². The third kappa shape index (κ3) is 4.98. The standard InChI is InChI=1S/C21H21BrN2O4/c1-13-7-14(2)9-18(8-13)24-11-15(10-20(24)26)21(27)28-12-19(25)23-17-5-3-16(22)4-6-17/h3-9,15H,10-12H2,1-2H3,(H,23,25)/t15-/m1/s1. The van der Waals surface area contributed by atoms with E-state index in [0.29, 0.717) is 5.69 Å². The van der Waals surface area contributed by atoms with Crippen LogP contribution in [-0.4, -0.2) is 30.9 Å². The zero-order valence-electron chi connectivity index (χ0n) is 15.7. The second-order valence-corrected chi connectivity index (χ2v) is 7.83. The maximum absolute atomic E-state index is 12.4. The quantitative estimate of drug-likeness (QED) is 0.714. The van der Waals surface area contributed by atoms with Crippen LogP contribution in [-0.2, 0) is 19.1 Å². The largest absolute Gasteiger partial charge is 0.455 e. The highest BCUT2D eigenvalue weighted by molar-refractivity contribution is 9.10. The molecule has 0 aliphatic carbocycles. The molecule has 0 aromatic heterocycles. The first kappa shape index (κ1) is 20.1. The molecule has 28 heavy (non-hydrogen) atoms. The molecule has 0 bridgehead atoms. The third-order valence-corrected chi connectivity index (χ3v) is 4.98. The Labute approximate surface area is 172 Å². The summed E-state index contributed by atoms with van der Waals surface area (Å²) in [5.74, 6) is -1.66.